The van der Waals surface area contributed by atoms with Crippen molar-refractivity contribution >= 4 is 49.0 Å². The summed E-state index contributed by atoms with van der Waals surface area (Å²) in [6, 6.07) is 14.7. The summed E-state index contributed by atoms with van der Waals surface area (Å²) in [6.07, 6.45) is 1.09. The Morgan fingerprint density at radius 3 is 2.70 bits per heavy atom. The molecular formula is C23H22ClN3O2S. The van der Waals surface area contributed by atoms with Crippen LogP contribution >= 0.6 is 22.9 Å². The largest absolute Gasteiger partial charge is 0.354 e. The van der Waals surface area contributed by atoms with Crippen LogP contribution in [0.2, 0.25) is 5.02 Å². The van der Waals surface area contributed by atoms with E-state index in [0.29, 0.717) is 29.8 Å². The van der Waals surface area contributed by atoms with Crippen molar-refractivity contribution < 1.29 is 4.79 Å². The van der Waals surface area contributed by atoms with Crippen molar-refractivity contribution in [2.75, 3.05) is 6.54 Å². The third kappa shape index (κ3) is 3.73. The zero-order chi connectivity index (χ0) is 21.3. The number of carbonyl (C=O) groups excluding carboxylic acids is 1. The van der Waals surface area contributed by atoms with Crippen LogP contribution in [0.4, 0.5) is 0 Å². The molecule has 7 heteroatoms. The first-order valence-electron chi connectivity index (χ1n) is 9.93. The number of nitrogens with one attached hydrogen (secondary N) is 1. The molecule has 0 aliphatic rings. The molecule has 0 aliphatic heterocycles. The lowest BCUT2D eigenvalue weighted by Gasteiger charge is -2.17. The Labute approximate surface area is 183 Å². The van der Waals surface area contributed by atoms with Crippen LogP contribution in [0.5, 0.6) is 0 Å². The second-order valence-corrected chi connectivity index (χ2v) is 8.65. The van der Waals surface area contributed by atoms with Gasteiger partial charge in [-0.2, -0.15) is 5.10 Å². The number of carbonyl (C=O) groups is 1. The first kappa shape index (κ1) is 20.6. The van der Waals surface area contributed by atoms with E-state index in [-0.39, 0.29) is 11.5 Å². The highest BCUT2D eigenvalue weighted by molar-refractivity contribution is 7.26. The fraction of sp³-hybridized carbons (Fsp3) is 0.261. The molecule has 0 saturated carbocycles. The van der Waals surface area contributed by atoms with Gasteiger partial charge < -0.3 is 5.32 Å². The Bertz CT molecular complexity index is 1290. The average molecular weight is 440 g/mol. The Morgan fingerprint density at radius 1 is 1.20 bits per heavy atom. The van der Waals surface area contributed by atoms with E-state index < -0.39 is 6.04 Å². The van der Waals surface area contributed by atoms with Crippen molar-refractivity contribution in [1.82, 2.24) is 15.1 Å². The molecule has 1 N–H and O–H groups in total. The van der Waals surface area contributed by atoms with Crippen molar-refractivity contribution in [3.05, 3.63) is 75.2 Å². The minimum absolute atomic E-state index is 0.211. The summed E-state index contributed by atoms with van der Waals surface area (Å²) < 4.78 is 3.28. The Kier molecular flexibility index (Phi) is 5.88. The molecule has 4 rings (SSSR count). The van der Waals surface area contributed by atoms with Crippen molar-refractivity contribution in [1.29, 1.82) is 0 Å². The lowest BCUT2D eigenvalue weighted by Crippen LogP contribution is -2.39. The standard InChI is InChI=1S/C23H22ClN3O2S/c1-3-18(22(28)25-13-12-15-8-4-6-10-17(15)24)27-23(29)20-16-9-5-7-11-19(16)30-21(20)14(2)26-27/h4-11,18H,3,12-13H2,1-2H3,(H,25,28). The molecule has 0 bridgehead atoms. The third-order valence-corrected chi connectivity index (χ3v) is 6.89. The summed E-state index contributed by atoms with van der Waals surface area (Å²) >= 11 is 7.75. The third-order valence-electron chi connectivity index (χ3n) is 5.24. The maximum absolute atomic E-state index is 13.3. The lowest BCUT2D eigenvalue weighted by molar-refractivity contribution is -0.124. The van der Waals surface area contributed by atoms with Crippen molar-refractivity contribution in [2.24, 2.45) is 0 Å². The van der Waals surface area contributed by atoms with Crippen LogP contribution in [0.15, 0.2) is 53.3 Å². The van der Waals surface area contributed by atoms with E-state index >= 15 is 0 Å². The number of aryl methyl sites for hydroxylation is 1. The van der Waals surface area contributed by atoms with Gasteiger partial charge in [0.1, 0.15) is 6.04 Å². The fourth-order valence-corrected chi connectivity index (χ4v) is 5.06. The predicted molar refractivity (Wildman–Crippen MR) is 124 cm³/mol. The van der Waals surface area contributed by atoms with E-state index in [1.54, 1.807) is 11.3 Å². The molecule has 2 aromatic carbocycles. The Hall–Kier alpha value is -2.70. The van der Waals surface area contributed by atoms with E-state index in [0.717, 1.165) is 26.0 Å². The number of rotatable bonds is 6. The van der Waals surface area contributed by atoms with Gasteiger partial charge in [-0.25, -0.2) is 4.68 Å². The van der Waals surface area contributed by atoms with Crippen molar-refractivity contribution in [3.63, 3.8) is 0 Å². The van der Waals surface area contributed by atoms with Gasteiger partial charge in [-0.15, -0.1) is 11.3 Å². The molecule has 30 heavy (non-hydrogen) atoms. The molecule has 5 nitrogen and oxygen atoms in total. The Morgan fingerprint density at radius 2 is 1.93 bits per heavy atom. The summed E-state index contributed by atoms with van der Waals surface area (Å²) in [5, 5.41) is 9.68. The summed E-state index contributed by atoms with van der Waals surface area (Å²) in [6.45, 7) is 4.21. The second-order valence-electron chi connectivity index (χ2n) is 7.19. The maximum atomic E-state index is 13.3. The quantitative estimate of drug-likeness (QED) is 0.465. The minimum atomic E-state index is -0.662. The van der Waals surface area contributed by atoms with Crippen LogP contribution in [0.25, 0.3) is 20.2 Å². The van der Waals surface area contributed by atoms with Crippen LogP contribution in [0.3, 0.4) is 0 Å². The van der Waals surface area contributed by atoms with Gasteiger partial charge in [0.15, 0.2) is 0 Å². The molecule has 0 aliphatic carbocycles. The maximum Gasteiger partial charge on any atom is 0.276 e. The monoisotopic (exact) mass is 439 g/mol. The van der Waals surface area contributed by atoms with Gasteiger partial charge in [0, 0.05) is 21.7 Å². The van der Waals surface area contributed by atoms with Crippen molar-refractivity contribution in [3.8, 4) is 0 Å². The SMILES string of the molecule is CCC(C(=O)NCCc1ccccc1Cl)n1nc(C)c2sc3ccccc3c2c1=O. The molecular weight excluding hydrogens is 418 g/mol. The smallest absolute Gasteiger partial charge is 0.276 e. The molecule has 2 aromatic heterocycles. The van der Waals surface area contributed by atoms with E-state index in [2.05, 4.69) is 10.4 Å². The number of hydrogen-bond acceptors (Lipinski definition) is 4. The van der Waals surface area contributed by atoms with Gasteiger partial charge >= 0.3 is 0 Å². The summed E-state index contributed by atoms with van der Waals surface area (Å²) in [7, 11) is 0. The molecule has 4 aromatic rings. The van der Waals surface area contributed by atoms with Gasteiger partial charge in [0.05, 0.1) is 15.8 Å². The zero-order valence-electron chi connectivity index (χ0n) is 16.8. The normalized spacial score (nSPS) is 12.4. The number of fused-ring (bicyclic) bond motifs is 3. The summed E-state index contributed by atoms with van der Waals surface area (Å²) in [5.41, 5.74) is 1.51. The number of aromatic nitrogens is 2. The number of thiophene rings is 1. The average Bonchev–Trinajstić information content (AvgIpc) is 3.14. The highest BCUT2D eigenvalue weighted by atomic mass is 35.5. The van der Waals surface area contributed by atoms with E-state index in [1.807, 2.05) is 62.4 Å². The van der Waals surface area contributed by atoms with Crippen molar-refractivity contribution in [2.45, 2.75) is 32.7 Å². The summed E-state index contributed by atoms with van der Waals surface area (Å²) in [4.78, 5) is 26.2. The highest BCUT2D eigenvalue weighted by Crippen LogP contribution is 2.33. The molecule has 1 unspecified atom stereocenters. The van der Waals surface area contributed by atoms with Gasteiger partial charge in [0.25, 0.3) is 5.56 Å². The fourth-order valence-electron chi connectivity index (χ4n) is 3.70. The zero-order valence-corrected chi connectivity index (χ0v) is 18.4. The number of amides is 1. The van der Waals surface area contributed by atoms with Gasteiger partial charge in [-0.3, -0.25) is 9.59 Å². The van der Waals surface area contributed by atoms with Crippen LogP contribution in [-0.2, 0) is 11.2 Å². The molecule has 0 fully saturated rings. The molecule has 1 amide bonds. The first-order chi connectivity index (χ1) is 14.5. The number of nitrogens with zero attached hydrogens (tertiary/aromatic N) is 2. The van der Waals surface area contributed by atoms with Crippen LogP contribution in [0.1, 0.15) is 30.6 Å². The predicted octanol–water partition coefficient (Wildman–Crippen LogP) is 4.88. The topological polar surface area (TPSA) is 64.0 Å². The van der Waals surface area contributed by atoms with Crippen LogP contribution in [-0.4, -0.2) is 22.2 Å². The van der Waals surface area contributed by atoms with Crippen LogP contribution < -0.4 is 10.9 Å². The van der Waals surface area contributed by atoms with E-state index in [9.17, 15) is 9.59 Å². The Balaban J connectivity index is 1.63. The van der Waals surface area contributed by atoms with Gasteiger partial charge in [-0.1, -0.05) is 54.9 Å². The molecule has 154 valence electrons. The van der Waals surface area contributed by atoms with E-state index in [4.69, 9.17) is 11.6 Å². The molecule has 0 saturated heterocycles. The molecule has 2 heterocycles. The summed E-state index contributed by atoms with van der Waals surface area (Å²) in [5.74, 6) is -0.211. The number of halogens is 1. The van der Waals surface area contributed by atoms with E-state index in [1.165, 1.54) is 4.68 Å². The second kappa shape index (κ2) is 8.58. The number of benzene rings is 2. The molecule has 1 atom stereocenters. The molecule has 0 spiro atoms. The lowest BCUT2D eigenvalue weighted by atomic mass is 10.1. The van der Waals surface area contributed by atoms with Gasteiger partial charge in [0.2, 0.25) is 5.91 Å². The highest BCUT2D eigenvalue weighted by Gasteiger charge is 2.24. The number of hydrogen-bond donors (Lipinski definition) is 1. The molecule has 0 radical (unpaired) electrons. The van der Waals surface area contributed by atoms with Gasteiger partial charge in [-0.05, 0) is 37.5 Å². The van der Waals surface area contributed by atoms with Crippen LogP contribution in [0, 0.1) is 6.92 Å². The first-order valence-corrected chi connectivity index (χ1v) is 11.1. The minimum Gasteiger partial charge on any atom is -0.354 e.